The molecule has 2 aromatic rings. The van der Waals surface area contributed by atoms with Crippen LogP contribution in [0.5, 0.6) is 0 Å². The molecule has 1 N–H and O–H groups in total. The molecule has 2 fully saturated rings. The maximum Gasteiger partial charge on any atom is 0.336 e. The first kappa shape index (κ1) is 21.4. The number of piperidine rings is 1. The van der Waals surface area contributed by atoms with Crippen molar-refractivity contribution in [2.45, 2.75) is 38.6 Å². The van der Waals surface area contributed by atoms with E-state index in [0.717, 1.165) is 16.7 Å². The number of hydrogen-bond acceptors (Lipinski definition) is 8. The van der Waals surface area contributed by atoms with Gasteiger partial charge in [0.25, 0.3) is 0 Å². The Balaban J connectivity index is 1.13. The van der Waals surface area contributed by atoms with Gasteiger partial charge in [-0.3, -0.25) is 9.69 Å². The van der Waals surface area contributed by atoms with Crippen molar-refractivity contribution in [2.24, 2.45) is 5.41 Å². The number of cyclic esters (lactones) is 1. The van der Waals surface area contributed by atoms with Gasteiger partial charge < -0.3 is 14.7 Å². The fourth-order valence-corrected chi connectivity index (χ4v) is 5.65. The highest BCUT2D eigenvalue weighted by atomic mass is 19.1. The number of alkyl halides is 1. The van der Waals surface area contributed by atoms with E-state index in [1.165, 1.54) is 4.90 Å². The molecule has 5 heterocycles. The first-order valence-electron chi connectivity index (χ1n) is 11.5. The van der Waals surface area contributed by atoms with E-state index in [1.54, 1.807) is 11.6 Å². The topological polar surface area (TPSA) is 114 Å². The van der Waals surface area contributed by atoms with Crippen molar-refractivity contribution in [1.29, 1.82) is 0 Å². The van der Waals surface area contributed by atoms with E-state index in [0.29, 0.717) is 49.6 Å². The maximum atomic E-state index is 15.5. The highest BCUT2D eigenvalue weighted by Crippen LogP contribution is 2.45. The molecule has 4 aliphatic rings. The second-order valence-corrected chi connectivity index (χ2v) is 9.58. The molecule has 0 radical (unpaired) electrons. The summed E-state index contributed by atoms with van der Waals surface area (Å²) in [4.78, 5) is 28.4. The Morgan fingerprint density at radius 1 is 1.29 bits per heavy atom. The summed E-state index contributed by atoms with van der Waals surface area (Å²) < 4.78 is 22.3. The van der Waals surface area contributed by atoms with Crippen LogP contribution in [0.4, 0.5) is 4.39 Å². The van der Waals surface area contributed by atoms with Gasteiger partial charge >= 0.3 is 5.97 Å². The van der Waals surface area contributed by atoms with Crippen LogP contribution in [0.1, 0.15) is 37.0 Å². The summed E-state index contributed by atoms with van der Waals surface area (Å²) in [6.07, 6.45) is -1.37. The Morgan fingerprint density at radius 3 is 2.88 bits per heavy atom. The number of likely N-dealkylation sites (tertiary alicyclic amines) is 2. The van der Waals surface area contributed by atoms with Crippen LogP contribution in [0.3, 0.4) is 0 Å². The second-order valence-electron chi connectivity index (χ2n) is 9.58. The number of hydrogen-bond donors (Lipinski definition) is 1. The molecular formula is C23H25FN6O4. The molecular weight excluding hydrogens is 443 g/mol. The molecule has 1 unspecified atom stereocenters. The van der Waals surface area contributed by atoms with E-state index in [-0.39, 0.29) is 25.6 Å². The minimum absolute atomic E-state index is 0.0644. The molecule has 10 nitrogen and oxygen atoms in total. The van der Waals surface area contributed by atoms with E-state index >= 15 is 4.39 Å². The predicted molar refractivity (Wildman–Crippen MR) is 116 cm³/mol. The second kappa shape index (κ2) is 7.67. The third kappa shape index (κ3) is 3.10. The summed E-state index contributed by atoms with van der Waals surface area (Å²) in [6.45, 7) is 3.55. The number of ether oxygens (including phenoxy) is 1. The Morgan fingerprint density at radius 2 is 2.12 bits per heavy atom. The summed E-state index contributed by atoms with van der Waals surface area (Å²) in [6, 6.07) is 5.72. The molecule has 1 spiro atoms. The lowest BCUT2D eigenvalue weighted by atomic mass is 9.75. The minimum Gasteiger partial charge on any atom is -0.456 e. The molecule has 3 atom stereocenters. The zero-order valence-corrected chi connectivity index (χ0v) is 18.8. The third-order valence-corrected chi connectivity index (χ3v) is 7.79. The Labute approximate surface area is 195 Å². The van der Waals surface area contributed by atoms with Crippen molar-refractivity contribution in [3.63, 3.8) is 0 Å². The van der Waals surface area contributed by atoms with Crippen LogP contribution in [0.2, 0.25) is 0 Å². The number of benzene rings is 1. The van der Waals surface area contributed by atoms with Gasteiger partial charge in [0.2, 0.25) is 5.91 Å². The number of β-amino-alcohol motifs (C(OH)–C–C–N with tert-alkyl or cyclic N) is 1. The van der Waals surface area contributed by atoms with Gasteiger partial charge in [-0.2, -0.15) is 0 Å². The number of aromatic nitrogens is 4. The molecule has 6 rings (SSSR count). The first-order valence-corrected chi connectivity index (χ1v) is 11.5. The van der Waals surface area contributed by atoms with Crippen molar-refractivity contribution >= 4 is 11.9 Å². The number of aliphatic hydroxyl groups excluding tert-OH is 1. The molecule has 1 amide bonds. The van der Waals surface area contributed by atoms with Crippen molar-refractivity contribution < 1.29 is 23.8 Å². The van der Waals surface area contributed by atoms with Gasteiger partial charge in [-0.15, -0.1) is 5.10 Å². The molecule has 0 aliphatic carbocycles. The van der Waals surface area contributed by atoms with Gasteiger partial charge in [0.1, 0.15) is 12.8 Å². The molecule has 178 valence electrons. The standard InChI is InChI=1S/C23H25FN6O4/c1-13-17(12-34-21(13)32)29-7-5-23(22(29)33)4-6-28(11-19(23)24)10-18(31)14-2-3-15-9-30-20(16(15)8-14)25-26-27-30/h2-3,8,18-19,31H,4-7,9-12H2,1H3/t18-,19-,23?/m0/s1. The van der Waals surface area contributed by atoms with Crippen LogP contribution in [0, 0.1) is 5.41 Å². The molecule has 1 aromatic carbocycles. The van der Waals surface area contributed by atoms with E-state index < -0.39 is 23.7 Å². The zero-order chi connectivity index (χ0) is 23.6. The van der Waals surface area contributed by atoms with Gasteiger partial charge in [-0.05, 0) is 53.9 Å². The Kier molecular flexibility index (Phi) is 4.82. The quantitative estimate of drug-likeness (QED) is 0.560. The number of aliphatic hydroxyl groups is 1. The SMILES string of the molecule is CC1=C(N2CCC3(CCN(C[C@H](O)c4ccc5c(c4)-c4nnnn4C5)C[C@@H]3F)C2=O)COC1=O. The number of rotatable bonds is 4. The predicted octanol–water partition coefficient (Wildman–Crippen LogP) is 0.828. The number of fused-ring (bicyclic) bond motifs is 3. The Bertz CT molecular complexity index is 1230. The van der Waals surface area contributed by atoms with Crippen molar-refractivity contribution in [3.05, 3.63) is 40.6 Å². The highest BCUT2D eigenvalue weighted by Gasteiger charge is 2.56. The minimum atomic E-state index is -1.35. The normalized spacial score (nSPS) is 27.5. The highest BCUT2D eigenvalue weighted by molar-refractivity contribution is 5.94. The average molecular weight is 468 g/mol. The number of carbonyl (C=O) groups excluding carboxylic acids is 2. The van der Waals surface area contributed by atoms with Crippen LogP contribution in [-0.2, 0) is 20.9 Å². The average Bonchev–Trinajstić information content (AvgIpc) is 3.56. The third-order valence-electron chi connectivity index (χ3n) is 7.79. The van der Waals surface area contributed by atoms with Gasteiger partial charge in [0.05, 0.1) is 29.3 Å². The van der Waals surface area contributed by atoms with Crippen molar-refractivity contribution in [3.8, 4) is 11.4 Å². The van der Waals surface area contributed by atoms with Crippen LogP contribution in [0.15, 0.2) is 29.5 Å². The molecule has 0 bridgehead atoms. The van der Waals surface area contributed by atoms with Gasteiger partial charge in [-0.1, -0.05) is 12.1 Å². The van der Waals surface area contributed by atoms with E-state index in [1.807, 2.05) is 23.1 Å². The van der Waals surface area contributed by atoms with Crippen LogP contribution in [0.25, 0.3) is 11.4 Å². The fraction of sp³-hybridized carbons (Fsp3) is 0.522. The number of tetrazole rings is 1. The molecule has 1 aromatic heterocycles. The van der Waals surface area contributed by atoms with E-state index in [2.05, 4.69) is 15.5 Å². The number of nitrogens with zero attached hydrogens (tertiary/aromatic N) is 6. The van der Waals surface area contributed by atoms with Gasteiger partial charge in [-0.25, -0.2) is 13.9 Å². The summed E-state index contributed by atoms with van der Waals surface area (Å²) in [5.74, 6) is -0.00611. The monoisotopic (exact) mass is 468 g/mol. The van der Waals surface area contributed by atoms with Crippen molar-refractivity contribution in [1.82, 2.24) is 30.0 Å². The summed E-state index contributed by atoms with van der Waals surface area (Å²) in [5.41, 5.74) is 2.59. The van der Waals surface area contributed by atoms with Crippen LogP contribution in [-0.4, -0.2) is 85.9 Å². The summed E-state index contributed by atoms with van der Waals surface area (Å²) >= 11 is 0. The fourth-order valence-electron chi connectivity index (χ4n) is 5.65. The lowest BCUT2D eigenvalue weighted by Gasteiger charge is -2.41. The maximum absolute atomic E-state index is 15.5. The lowest BCUT2D eigenvalue weighted by Crippen LogP contribution is -2.53. The van der Waals surface area contributed by atoms with Crippen LogP contribution >= 0.6 is 0 Å². The van der Waals surface area contributed by atoms with Crippen LogP contribution < -0.4 is 0 Å². The molecule has 2 saturated heterocycles. The number of carbonyl (C=O) groups is 2. The Hall–Kier alpha value is -3.18. The van der Waals surface area contributed by atoms with E-state index in [9.17, 15) is 14.7 Å². The summed E-state index contributed by atoms with van der Waals surface area (Å²) in [5, 5.41) is 22.6. The molecule has 34 heavy (non-hydrogen) atoms. The number of halogens is 1. The molecule has 0 saturated carbocycles. The summed E-state index contributed by atoms with van der Waals surface area (Å²) in [7, 11) is 0. The van der Waals surface area contributed by atoms with E-state index in [4.69, 9.17) is 4.74 Å². The number of esters is 1. The van der Waals surface area contributed by atoms with Gasteiger partial charge in [0, 0.05) is 25.2 Å². The largest absolute Gasteiger partial charge is 0.456 e. The lowest BCUT2D eigenvalue weighted by molar-refractivity contribution is -0.142. The smallest absolute Gasteiger partial charge is 0.336 e. The van der Waals surface area contributed by atoms with Crippen molar-refractivity contribution in [2.75, 3.05) is 32.8 Å². The number of amides is 1. The molecule has 4 aliphatic heterocycles. The van der Waals surface area contributed by atoms with Gasteiger partial charge in [0.15, 0.2) is 5.82 Å². The zero-order valence-electron chi connectivity index (χ0n) is 18.8. The molecule has 11 heteroatoms. The first-order chi connectivity index (χ1) is 16.4.